The Bertz CT molecular complexity index is 168. The summed E-state index contributed by atoms with van der Waals surface area (Å²) in [7, 11) is 0. The second-order valence-electron chi connectivity index (χ2n) is 3.86. The third kappa shape index (κ3) is 2.06. The van der Waals surface area contributed by atoms with E-state index in [0.717, 1.165) is 19.3 Å². The van der Waals surface area contributed by atoms with E-state index < -0.39 is 0 Å². The van der Waals surface area contributed by atoms with Crippen molar-refractivity contribution in [1.82, 2.24) is 0 Å². The number of rotatable bonds is 1. The van der Waals surface area contributed by atoms with E-state index in [-0.39, 0.29) is 6.10 Å². The van der Waals surface area contributed by atoms with E-state index in [1.807, 2.05) is 0 Å². The van der Waals surface area contributed by atoms with E-state index in [4.69, 9.17) is 0 Å². The molecule has 0 saturated carbocycles. The molecule has 0 fully saturated rings. The Kier molecular flexibility index (Phi) is 2.72. The molecule has 1 heteroatoms. The van der Waals surface area contributed by atoms with Crippen LogP contribution in [-0.4, -0.2) is 11.2 Å². The van der Waals surface area contributed by atoms with Gasteiger partial charge in [0.25, 0.3) is 0 Å². The first-order valence-corrected chi connectivity index (χ1v) is 4.48. The molecule has 1 atom stereocenters. The van der Waals surface area contributed by atoms with E-state index >= 15 is 0 Å². The lowest BCUT2D eigenvalue weighted by atomic mass is 9.85. The number of allylic oxidation sites excluding steroid dienone is 1. The van der Waals surface area contributed by atoms with Gasteiger partial charge in [0.15, 0.2) is 0 Å². The van der Waals surface area contributed by atoms with Gasteiger partial charge < -0.3 is 5.11 Å². The van der Waals surface area contributed by atoms with Crippen molar-refractivity contribution in [3.05, 3.63) is 11.1 Å². The Morgan fingerprint density at radius 2 is 2.09 bits per heavy atom. The minimum atomic E-state index is -0.0731. The van der Waals surface area contributed by atoms with Crippen molar-refractivity contribution in [3.63, 3.8) is 0 Å². The molecule has 0 spiro atoms. The second kappa shape index (κ2) is 3.40. The number of hydrogen-bond acceptors (Lipinski definition) is 1. The van der Waals surface area contributed by atoms with Crippen LogP contribution in [0.25, 0.3) is 0 Å². The van der Waals surface area contributed by atoms with Crippen molar-refractivity contribution in [1.29, 1.82) is 0 Å². The van der Waals surface area contributed by atoms with E-state index in [9.17, 15) is 5.11 Å². The summed E-state index contributed by atoms with van der Waals surface area (Å²) >= 11 is 0. The van der Waals surface area contributed by atoms with Gasteiger partial charge in [0.2, 0.25) is 0 Å². The van der Waals surface area contributed by atoms with Gasteiger partial charge in [0.05, 0.1) is 6.10 Å². The highest BCUT2D eigenvalue weighted by atomic mass is 16.3. The number of aliphatic hydroxyl groups excluding tert-OH is 1. The SMILES string of the molecule is CC1=C(C(C)C)CC(O)CC1. The van der Waals surface area contributed by atoms with Gasteiger partial charge in [-0.25, -0.2) is 0 Å². The van der Waals surface area contributed by atoms with Crippen molar-refractivity contribution < 1.29 is 5.11 Å². The van der Waals surface area contributed by atoms with E-state index in [1.165, 1.54) is 11.1 Å². The molecule has 0 radical (unpaired) electrons. The Balaban J connectivity index is 2.71. The highest BCUT2D eigenvalue weighted by Crippen LogP contribution is 2.29. The van der Waals surface area contributed by atoms with Gasteiger partial charge in [-0.05, 0) is 32.1 Å². The van der Waals surface area contributed by atoms with Crippen LogP contribution in [0.2, 0.25) is 0 Å². The van der Waals surface area contributed by atoms with Crippen molar-refractivity contribution in [2.45, 2.75) is 46.1 Å². The smallest absolute Gasteiger partial charge is 0.0580 e. The second-order valence-corrected chi connectivity index (χ2v) is 3.86. The Labute approximate surface area is 69.1 Å². The lowest BCUT2D eigenvalue weighted by molar-refractivity contribution is 0.155. The van der Waals surface area contributed by atoms with Gasteiger partial charge in [-0.3, -0.25) is 0 Å². The molecule has 0 bridgehead atoms. The molecule has 1 nitrogen and oxygen atoms in total. The Morgan fingerprint density at radius 3 is 2.55 bits per heavy atom. The molecule has 1 N–H and O–H groups in total. The standard InChI is InChI=1S/C10H18O/c1-7(2)10-6-9(11)5-4-8(10)3/h7,9,11H,4-6H2,1-3H3. The summed E-state index contributed by atoms with van der Waals surface area (Å²) in [6, 6.07) is 0. The Hall–Kier alpha value is -0.300. The molecule has 0 aliphatic heterocycles. The van der Waals surface area contributed by atoms with Crippen LogP contribution in [0.5, 0.6) is 0 Å². The molecule has 0 saturated heterocycles. The number of hydrogen-bond donors (Lipinski definition) is 1. The molecule has 64 valence electrons. The summed E-state index contributed by atoms with van der Waals surface area (Å²) in [5, 5.41) is 9.41. The third-order valence-corrected chi connectivity index (χ3v) is 2.55. The van der Waals surface area contributed by atoms with Crippen molar-refractivity contribution in [2.24, 2.45) is 5.92 Å². The molecule has 1 unspecified atom stereocenters. The van der Waals surface area contributed by atoms with Crippen LogP contribution in [0, 0.1) is 5.92 Å². The predicted octanol–water partition coefficient (Wildman–Crippen LogP) is 2.50. The highest BCUT2D eigenvalue weighted by molar-refractivity contribution is 5.18. The zero-order valence-electron chi connectivity index (χ0n) is 7.72. The maximum absolute atomic E-state index is 9.41. The van der Waals surface area contributed by atoms with E-state index in [2.05, 4.69) is 20.8 Å². The fourth-order valence-electron chi connectivity index (χ4n) is 1.80. The van der Waals surface area contributed by atoms with Gasteiger partial charge in [-0.15, -0.1) is 0 Å². The third-order valence-electron chi connectivity index (χ3n) is 2.55. The van der Waals surface area contributed by atoms with Crippen LogP contribution in [0.3, 0.4) is 0 Å². The zero-order valence-corrected chi connectivity index (χ0v) is 7.72. The fourth-order valence-corrected chi connectivity index (χ4v) is 1.80. The molecule has 1 aliphatic rings. The van der Waals surface area contributed by atoms with Crippen LogP contribution < -0.4 is 0 Å². The topological polar surface area (TPSA) is 20.2 Å². The van der Waals surface area contributed by atoms with Gasteiger partial charge in [0, 0.05) is 0 Å². The van der Waals surface area contributed by atoms with Crippen LogP contribution >= 0.6 is 0 Å². The van der Waals surface area contributed by atoms with Gasteiger partial charge in [-0.2, -0.15) is 0 Å². The molecule has 0 aromatic carbocycles. The largest absolute Gasteiger partial charge is 0.393 e. The van der Waals surface area contributed by atoms with Crippen molar-refractivity contribution in [2.75, 3.05) is 0 Å². The molecule has 11 heavy (non-hydrogen) atoms. The lowest BCUT2D eigenvalue weighted by Gasteiger charge is -2.24. The van der Waals surface area contributed by atoms with E-state index in [0.29, 0.717) is 5.92 Å². The quantitative estimate of drug-likeness (QED) is 0.575. The molecular weight excluding hydrogens is 136 g/mol. The first-order valence-electron chi connectivity index (χ1n) is 4.48. The van der Waals surface area contributed by atoms with Crippen LogP contribution in [0.15, 0.2) is 11.1 Å². The average Bonchev–Trinajstić information content (AvgIpc) is 1.94. The lowest BCUT2D eigenvalue weighted by Crippen LogP contribution is -2.16. The molecule has 1 aliphatic carbocycles. The monoisotopic (exact) mass is 154 g/mol. The minimum absolute atomic E-state index is 0.0731. The summed E-state index contributed by atoms with van der Waals surface area (Å²) in [5.41, 5.74) is 2.98. The summed E-state index contributed by atoms with van der Waals surface area (Å²) in [5.74, 6) is 0.616. The Morgan fingerprint density at radius 1 is 1.45 bits per heavy atom. The van der Waals surface area contributed by atoms with E-state index in [1.54, 1.807) is 0 Å². The summed E-state index contributed by atoms with van der Waals surface area (Å²) in [4.78, 5) is 0. The summed E-state index contributed by atoms with van der Waals surface area (Å²) in [6.07, 6.45) is 2.89. The summed E-state index contributed by atoms with van der Waals surface area (Å²) in [6.45, 7) is 6.61. The van der Waals surface area contributed by atoms with Gasteiger partial charge >= 0.3 is 0 Å². The predicted molar refractivity (Wildman–Crippen MR) is 47.4 cm³/mol. The van der Waals surface area contributed by atoms with Gasteiger partial charge in [0.1, 0.15) is 0 Å². The maximum Gasteiger partial charge on any atom is 0.0580 e. The fraction of sp³-hybridized carbons (Fsp3) is 0.800. The van der Waals surface area contributed by atoms with Crippen molar-refractivity contribution in [3.8, 4) is 0 Å². The molecule has 0 aromatic rings. The highest BCUT2D eigenvalue weighted by Gasteiger charge is 2.18. The molecule has 1 rings (SSSR count). The van der Waals surface area contributed by atoms with Crippen molar-refractivity contribution >= 4 is 0 Å². The summed E-state index contributed by atoms with van der Waals surface area (Å²) < 4.78 is 0. The zero-order chi connectivity index (χ0) is 8.43. The average molecular weight is 154 g/mol. The molecular formula is C10H18O. The van der Waals surface area contributed by atoms with Crippen LogP contribution in [0.1, 0.15) is 40.0 Å². The van der Waals surface area contributed by atoms with Gasteiger partial charge in [-0.1, -0.05) is 25.0 Å². The minimum Gasteiger partial charge on any atom is -0.393 e. The number of aliphatic hydroxyl groups is 1. The van der Waals surface area contributed by atoms with Crippen LogP contribution in [-0.2, 0) is 0 Å². The van der Waals surface area contributed by atoms with Crippen LogP contribution in [0.4, 0.5) is 0 Å². The normalized spacial score (nSPS) is 26.5. The first-order chi connectivity index (χ1) is 5.11. The molecule has 0 aromatic heterocycles. The first kappa shape index (κ1) is 8.79. The maximum atomic E-state index is 9.41. The molecule has 0 heterocycles. The molecule has 0 amide bonds.